The highest BCUT2D eigenvalue weighted by Crippen LogP contribution is 2.43. The highest BCUT2D eigenvalue weighted by molar-refractivity contribution is 7.17. The zero-order valence-electron chi connectivity index (χ0n) is 16.6. The lowest BCUT2D eigenvalue weighted by Gasteiger charge is -2.14. The zero-order valence-corrected chi connectivity index (χ0v) is 17.4. The molecule has 138 valence electrons. The maximum atomic E-state index is 2.51. The van der Waals surface area contributed by atoms with E-state index < -0.39 is 0 Å². The Hall–Kier alpha value is -3.17. The maximum absolute atomic E-state index is 2.51. The number of thiophene rings is 1. The summed E-state index contributed by atoms with van der Waals surface area (Å²) in [6.07, 6.45) is 0. The largest absolute Gasteiger partial charge is 0.303 e. The van der Waals surface area contributed by atoms with Crippen molar-refractivity contribution < 1.29 is 4.57 Å². The molecule has 0 bridgehead atoms. The number of hydrogen-bond donors (Lipinski definition) is 0. The van der Waals surface area contributed by atoms with Gasteiger partial charge in [-0.3, -0.25) is 0 Å². The molecule has 0 fully saturated rings. The fourth-order valence-corrected chi connectivity index (χ4v) is 6.19. The fraction of sp³-hybridized carbons (Fsp3) is 0.115. The molecule has 7 aromatic rings. The van der Waals surface area contributed by atoms with Crippen LogP contribution in [0.3, 0.4) is 0 Å². The van der Waals surface area contributed by atoms with Gasteiger partial charge in [-0.15, -0.1) is 11.3 Å². The van der Waals surface area contributed by atoms with Crippen molar-refractivity contribution in [3.63, 3.8) is 0 Å². The van der Waals surface area contributed by atoms with E-state index in [-0.39, 0.29) is 0 Å². The van der Waals surface area contributed by atoms with Crippen LogP contribution in [0.5, 0.6) is 0 Å². The van der Waals surface area contributed by atoms with Crippen molar-refractivity contribution in [3.05, 3.63) is 71.2 Å². The van der Waals surface area contributed by atoms with Gasteiger partial charge >= 0.3 is 0 Å². The summed E-state index contributed by atoms with van der Waals surface area (Å²) in [6, 6.07) is 20.5. The lowest BCUT2D eigenvalue weighted by Crippen LogP contribution is -2.33. The summed E-state index contributed by atoms with van der Waals surface area (Å²) in [5, 5.41) is 10.4. The van der Waals surface area contributed by atoms with Gasteiger partial charge in [-0.25, -0.2) is 0 Å². The molecule has 4 heterocycles. The number of hydrogen-bond acceptors (Lipinski definition) is 1. The Bertz CT molecular complexity index is 1780. The van der Waals surface area contributed by atoms with Crippen molar-refractivity contribution in [2.24, 2.45) is 7.05 Å². The first kappa shape index (κ1) is 15.7. The van der Waals surface area contributed by atoms with Crippen LogP contribution < -0.4 is 4.57 Å². The first-order chi connectivity index (χ1) is 14.1. The molecule has 0 unspecified atom stereocenters. The second-order valence-corrected chi connectivity index (χ2v) is 9.16. The second kappa shape index (κ2) is 5.05. The number of pyridine rings is 2. The van der Waals surface area contributed by atoms with Crippen LogP contribution in [-0.4, -0.2) is 4.40 Å². The van der Waals surface area contributed by atoms with Crippen LogP contribution in [0.25, 0.3) is 59.1 Å². The maximum Gasteiger partial charge on any atom is 0.238 e. The van der Waals surface area contributed by atoms with Gasteiger partial charge in [-0.05, 0) is 41.5 Å². The first-order valence-corrected chi connectivity index (χ1v) is 10.9. The lowest BCUT2D eigenvalue weighted by molar-refractivity contribution is -0.650. The highest BCUT2D eigenvalue weighted by Gasteiger charge is 2.26. The normalized spacial score (nSPS) is 12.7. The molecule has 3 aromatic carbocycles. The van der Waals surface area contributed by atoms with Gasteiger partial charge in [0.25, 0.3) is 0 Å². The van der Waals surface area contributed by atoms with Crippen LogP contribution in [0.1, 0.15) is 11.3 Å². The van der Waals surface area contributed by atoms with Gasteiger partial charge in [-0.2, -0.15) is 4.57 Å². The van der Waals surface area contributed by atoms with Crippen LogP contribution in [0.4, 0.5) is 0 Å². The Morgan fingerprint density at radius 3 is 2.55 bits per heavy atom. The fourth-order valence-electron chi connectivity index (χ4n) is 5.35. The van der Waals surface area contributed by atoms with Gasteiger partial charge < -0.3 is 4.40 Å². The van der Waals surface area contributed by atoms with Crippen molar-refractivity contribution in [3.8, 4) is 0 Å². The molecule has 0 saturated carbocycles. The van der Waals surface area contributed by atoms with Crippen molar-refractivity contribution in [1.82, 2.24) is 4.40 Å². The number of fused-ring (bicyclic) bond motifs is 7. The van der Waals surface area contributed by atoms with E-state index >= 15 is 0 Å². The number of para-hydroxylation sites is 1. The zero-order chi connectivity index (χ0) is 19.4. The minimum Gasteiger partial charge on any atom is -0.303 e. The van der Waals surface area contributed by atoms with E-state index in [9.17, 15) is 0 Å². The monoisotopic (exact) mass is 391 g/mol. The van der Waals surface area contributed by atoms with Crippen molar-refractivity contribution in [1.29, 1.82) is 0 Å². The molecule has 7 rings (SSSR count). The average molecular weight is 392 g/mol. The molecule has 0 radical (unpaired) electrons. The summed E-state index contributed by atoms with van der Waals surface area (Å²) in [5.74, 6) is 0. The van der Waals surface area contributed by atoms with Crippen LogP contribution in [0.15, 0.2) is 60.0 Å². The number of aromatic nitrogens is 2. The van der Waals surface area contributed by atoms with Crippen molar-refractivity contribution in [2.75, 3.05) is 0 Å². The van der Waals surface area contributed by atoms with Gasteiger partial charge in [0.05, 0.1) is 16.4 Å². The highest BCUT2D eigenvalue weighted by atomic mass is 32.1. The van der Waals surface area contributed by atoms with E-state index in [4.69, 9.17) is 0 Å². The predicted molar refractivity (Wildman–Crippen MR) is 125 cm³/mol. The van der Waals surface area contributed by atoms with E-state index in [1.54, 1.807) is 0 Å². The topological polar surface area (TPSA) is 8.29 Å². The summed E-state index contributed by atoms with van der Waals surface area (Å²) in [5.41, 5.74) is 7.90. The van der Waals surface area contributed by atoms with Crippen molar-refractivity contribution >= 4 is 70.4 Å². The molecule has 0 atom stereocenters. The van der Waals surface area contributed by atoms with Crippen molar-refractivity contribution in [2.45, 2.75) is 13.8 Å². The molecule has 0 aliphatic heterocycles. The smallest absolute Gasteiger partial charge is 0.238 e. The van der Waals surface area contributed by atoms with Crippen LogP contribution in [0.2, 0.25) is 0 Å². The quantitative estimate of drug-likeness (QED) is 0.155. The molecule has 29 heavy (non-hydrogen) atoms. The molecule has 0 aliphatic carbocycles. The van der Waals surface area contributed by atoms with Crippen LogP contribution in [0, 0.1) is 13.8 Å². The van der Waals surface area contributed by atoms with Gasteiger partial charge in [0.2, 0.25) is 5.52 Å². The standard InChI is InChI=1S/C26H19N2S/c1-14-8-9-18-17-10-11-29-22(17)13-21-24(18)23(14)26-25-19(12-15(2)27(26)3)16-6-4-5-7-20(16)28(21)25/h4-13H,1-3H3/q+1. The molecule has 0 spiro atoms. The Balaban J connectivity index is 2.02. The van der Waals surface area contributed by atoms with Crippen LogP contribution in [-0.2, 0) is 7.05 Å². The summed E-state index contributed by atoms with van der Waals surface area (Å²) < 4.78 is 6.24. The molecule has 0 aliphatic rings. The van der Waals surface area contributed by atoms with Gasteiger partial charge in [0.1, 0.15) is 12.6 Å². The van der Waals surface area contributed by atoms with E-state index in [1.807, 2.05) is 11.3 Å². The number of benzene rings is 3. The number of nitrogens with zero attached hydrogens (tertiary/aromatic N) is 2. The molecular formula is C26H19N2S+. The molecule has 0 saturated heterocycles. The SMILES string of the molecule is Cc1ccc2c3ccsc3cc3c2c1c1c2c(cc(C)[n+]1C)c1ccccc1n32. The first-order valence-electron chi connectivity index (χ1n) is 10.0. The summed E-state index contributed by atoms with van der Waals surface area (Å²) in [4.78, 5) is 0. The average Bonchev–Trinajstić information content (AvgIpc) is 3.32. The lowest BCUT2D eigenvalue weighted by atomic mass is 9.96. The minimum absolute atomic E-state index is 1.28. The number of rotatable bonds is 0. The Labute approximate surface area is 171 Å². The minimum atomic E-state index is 1.28. The molecule has 3 heteroatoms. The Morgan fingerprint density at radius 2 is 1.66 bits per heavy atom. The van der Waals surface area contributed by atoms with E-state index in [0.29, 0.717) is 0 Å². The Kier molecular flexibility index (Phi) is 2.74. The van der Waals surface area contributed by atoms with E-state index in [0.717, 1.165) is 0 Å². The van der Waals surface area contributed by atoms with E-state index in [2.05, 4.69) is 89.8 Å². The summed E-state index contributed by atoms with van der Waals surface area (Å²) >= 11 is 1.83. The summed E-state index contributed by atoms with van der Waals surface area (Å²) in [7, 11) is 2.21. The van der Waals surface area contributed by atoms with Gasteiger partial charge in [0, 0.05) is 39.2 Å². The summed E-state index contributed by atoms with van der Waals surface area (Å²) in [6.45, 7) is 4.47. The van der Waals surface area contributed by atoms with Crippen LogP contribution >= 0.6 is 11.3 Å². The third kappa shape index (κ3) is 1.72. The molecule has 2 nitrogen and oxygen atoms in total. The Morgan fingerprint density at radius 1 is 0.793 bits per heavy atom. The molecule has 4 aromatic heterocycles. The molecule has 0 N–H and O–H groups in total. The second-order valence-electron chi connectivity index (χ2n) is 8.22. The molecular weight excluding hydrogens is 372 g/mol. The third-order valence-corrected chi connectivity index (χ3v) is 7.62. The molecule has 0 amide bonds. The van der Waals surface area contributed by atoms with Gasteiger partial charge in [0.15, 0.2) is 5.69 Å². The number of aryl methyl sites for hydroxylation is 3. The van der Waals surface area contributed by atoms with E-state index in [1.165, 1.54) is 70.3 Å². The third-order valence-electron chi connectivity index (χ3n) is 6.76. The predicted octanol–water partition coefficient (Wildman–Crippen LogP) is 6.65. The van der Waals surface area contributed by atoms with Gasteiger partial charge in [-0.1, -0.05) is 30.3 Å².